The van der Waals surface area contributed by atoms with Crippen molar-refractivity contribution in [2.45, 2.75) is 0 Å². The average molecular weight is 223 g/mol. The molecule has 0 saturated heterocycles. The number of nitrogens with zero attached hydrogens (tertiary/aromatic N) is 1. The van der Waals surface area contributed by atoms with E-state index in [1.54, 1.807) is 6.20 Å². The molecule has 0 bridgehead atoms. The lowest BCUT2D eigenvalue weighted by molar-refractivity contribution is 0.609. The van der Waals surface area contributed by atoms with Gasteiger partial charge in [0.1, 0.15) is 10.3 Å². The number of pyridine rings is 1. The highest BCUT2D eigenvalue weighted by Crippen LogP contribution is 2.14. The fraction of sp³-hybridized carbons (Fsp3) is 0. The third-order valence-electron chi connectivity index (χ3n) is 1.84. The Morgan fingerprint density at radius 1 is 1.40 bits per heavy atom. The smallest absolute Gasteiger partial charge is 0.283 e. The van der Waals surface area contributed by atoms with Crippen LogP contribution in [-0.2, 0) is 0 Å². The molecule has 4 nitrogen and oxygen atoms in total. The van der Waals surface area contributed by atoms with Gasteiger partial charge in [0, 0.05) is 24.2 Å². The zero-order chi connectivity index (χ0) is 10.8. The molecule has 0 aromatic carbocycles. The first kappa shape index (κ1) is 9.72. The van der Waals surface area contributed by atoms with Crippen LogP contribution in [-0.4, -0.2) is 15.0 Å². The summed E-state index contributed by atoms with van der Waals surface area (Å²) in [5.41, 5.74) is 0.112. The van der Waals surface area contributed by atoms with E-state index in [1.165, 1.54) is 12.4 Å². The Hall–Kier alpha value is -1.82. The Morgan fingerprint density at radius 2 is 2.20 bits per heavy atom. The average Bonchev–Trinajstić information content (AvgIpc) is 2.23. The van der Waals surface area contributed by atoms with Gasteiger partial charge in [0.2, 0.25) is 0 Å². The molecule has 0 aliphatic rings. The predicted molar refractivity (Wildman–Crippen MR) is 55.4 cm³/mol. The number of aromatic nitrogens is 3. The maximum Gasteiger partial charge on any atom is 0.283 e. The van der Waals surface area contributed by atoms with Crippen molar-refractivity contribution in [2.75, 3.05) is 0 Å². The summed E-state index contributed by atoms with van der Waals surface area (Å²) in [5.74, 6) is -0.854. The molecule has 2 aromatic rings. The van der Waals surface area contributed by atoms with Gasteiger partial charge in [-0.05, 0) is 6.07 Å². The van der Waals surface area contributed by atoms with Gasteiger partial charge in [-0.3, -0.25) is 9.78 Å². The fourth-order valence-corrected chi connectivity index (χ4v) is 1.39. The van der Waals surface area contributed by atoms with Gasteiger partial charge in [0.25, 0.3) is 5.56 Å². The Bertz CT molecular complexity index is 605. The molecule has 0 fully saturated rings. The van der Waals surface area contributed by atoms with Crippen LogP contribution in [0.2, 0.25) is 0 Å². The molecule has 2 heterocycles. The molecule has 2 rings (SSSR count). The van der Waals surface area contributed by atoms with Crippen LogP contribution in [0, 0.1) is 10.5 Å². The van der Waals surface area contributed by atoms with E-state index in [-0.39, 0.29) is 0 Å². The normalized spacial score (nSPS) is 10.2. The SMILES string of the molecule is O=c1[nH]cc(-c2ncc[nH]c2=S)cc1F. The van der Waals surface area contributed by atoms with E-state index in [0.29, 0.717) is 15.9 Å². The third-order valence-corrected chi connectivity index (χ3v) is 2.15. The van der Waals surface area contributed by atoms with E-state index in [1.807, 2.05) is 0 Å². The van der Waals surface area contributed by atoms with E-state index >= 15 is 0 Å². The monoisotopic (exact) mass is 223 g/mol. The third kappa shape index (κ3) is 1.84. The minimum absolute atomic E-state index is 0.393. The minimum Gasteiger partial charge on any atom is -0.350 e. The van der Waals surface area contributed by atoms with E-state index in [2.05, 4.69) is 15.0 Å². The largest absolute Gasteiger partial charge is 0.350 e. The number of halogens is 1. The molecule has 0 aliphatic heterocycles. The van der Waals surface area contributed by atoms with Crippen molar-refractivity contribution >= 4 is 12.2 Å². The van der Waals surface area contributed by atoms with Gasteiger partial charge in [-0.25, -0.2) is 4.39 Å². The molecule has 0 saturated carbocycles. The summed E-state index contributed by atoms with van der Waals surface area (Å²) in [6, 6.07) is 1.10. The molecular formula is C9H6FN3OS. The van der Waals surface area contributed by atoms with Crippen molar-refractivity contribution in [1.82, 2.24) is 15.0 Å². The van der Waals surface area contributed by atoms with E-state index in [9.17, 15) is 9.18 Å². The number of rotatable bonds is 1. The number of aromatic amines is 2. The number of hydrogen-bond acceptors (Lipinski definition) is 3. The summed E-state index contributed by atoms with van der Waals surface area (Å²) in [6.45, 7) is 0. The summed E-state index contributed by atoms with van der Waals surface area (Å²) in [5, 5.41) is 0. The van der Waals surface area contributed by atoms with Crippen molar-refractivity contribution in [3.8, 4) is 11.3 Å². The number of nitrogens with one attached hydrogen (secondary N) is 2. The van der Waals surface area contributed by atoms with Gasteiger partial charge in [-0.2, -0.15) is 0 Å². The topological polar surface area (TPSA) is 61.5 Å². The molecule has 15 heavy (non-hydrogen) atoms. The summed E-state index contributed by atoms with van der Waals surface area (Å²) in [7, 11) is 0. The second-order valence-electron chi connectivity index (χ2n) is 2.83. The first-order chi connectivity index (χ1) is 7.18. The van der Waals surface area contributed by atoms with Crippen LogP contribution in [0.1, 0.15) is 0 Å². The van der Waals surface area contributed by atoms with Gasteiger partial charge in [-0.15, -0.1) is 0 Å². The van der Waals surface area contributed by atoms with Crippen molar-refractivity contribution in [3.05, 3.63) is 45.5 Å². The van der Waals surface area contributed by atoms with Gasteiger partial charge >= 0.3 is 0 Å². The molecular weight excluding hydrogens is 217 g/mol. The van der Waals surface area contributed by atoms with Gasteiger partial charge in [0.15, 0.2) is 5.82 Å². The molecule has 0 aliphatic carbocycles. The highest BCUT2D eigenvalue weighted by Gasteiger charge is 2.05. The van der Waals surface area contributed by atoms with Crippen LogP contribution >= 0.6 is 12.2 Å². The lowest BCUT2D eigenvalue weighted by Gasteiger charge is -1.99. The molecule has 0 radical (unpaired) electrons. The molecule has 76 valence electrons. The number of H-pyrrole nitrogens is 2. The lowest BCUT2D eigenvalue weighted by Crippen LogP contribution is -2.09. The van der Waals surface area contributed by atoms with Gasteiger partial charge in [0.05, 0.1) is 0 Å². The molecule has 0 amide bonds. The van der Waals surface area contributed by atoms with Crippen LogP contribution in [0.25, 0.3) is 11.3 Å². The summed E-state index contributed by atoms with van der Waals surface area (Å²) in [4.78, 5) is 19.8. The van der Waals surface area contributed by atoms with Crippen LogP contribution in [0.15, 0.2) is 29.5 Å². The highest BCUT2D eigenvalue weighted by atomic mass is 32.1. The standard InChI is InChI=1S/C9H6FN3OS/c10-6-3-5(4-13-8(6)14)7-9(15)12-2-1-11-7/h1-4H,(H,12,15)(H,13,14). The Morgan fingerprint density at radius 3 is 2.87 bits per heavy atom. The van der Waals surface area contributed by atoms with Crippen LogP contribution in [0.5, 0.6) is 0 Å². The van der Waals surface area contributed by atoms with Crippen LogP contribution < -0.4 is 5.56 Å². The maximum absolute atomic E-state index is 13.0. The number of hydrogen-bond donors (Lipinski definition) is 2. The summed E-state index contributed by atoms with van der Waals surface area (Å²) < 4.78 is 13.4. The highest BCUT2D eigenvalue weighted by molar-refractivity contribution is 7.71. The molecule has 2 aromatic heterocycles. The summed E-state index contributed by atoms with van der Waals surface area (Å²) >= 11 is 4.98. The predicted octanol–water partition coefficient (Wildman–Crippen LogP) is 1.63. The van der Waals surface area contributed by atoms with Crippen molar-refractivity contribution in [1.29, 1.82) is 0 Å². The van der Waals surface area contributed by atoms with E-state index < -0.39 is 11.4 Å². The zero-order valence-electron chi connectivity index (χ0n) is 7.45. The van der Waals surface area contributed by atoms with Crippen molar-refractivity contribution < 1.29 is 4.39 Å². The Kier molecular flexibility index (Phi) is 2.42. The van der Waals surface area contributed by atoms with Gasteiger partial charge < -0.3 is 9.97 Å². The fourth-order valence-electron chi connectivity index (χ4n) is 1.15. The second-order valence-corrected chi connectivity index (χ2v) is 3.24. The first-order valence-electron chi connectivity index (χ1n) is 4.11. The maximum atomic E-state index is 13.0. The van der Waals surface area contributed by atoms with E-state index in [0.717, 1.165) is 6.07 Å². The Balaban J connectivity index is 2.65. The van der Waals surface area contributed by atoms with Crippen molar-refractivity contribution in [3.63, 3.8) is 0 Å². The first-order valence-corrected chi connectivity index (χ1v) is 4.51. The van der Waals surface area contributed by atoms with Crippen LogP contribution in [0.3, 0.4) is 0 Å². The summed E-state index contributed by atoms with van der Waals surface area (Å²) in [6.07, 6.45) is 4.46. The molecule has 2 N–H and O–H groups in total. The van der Waals surface area contributed by atoms with Gasteiger partial charge in [-0.1, -0.05) is 12.2 Å². The van der Waals surface area contributed by atoms with Crippen LogP contribution in [0.4, 0.5) is 4.39 Å². The zero-order valence-corrected chi connectivity index (χ0v) is 8.27. The minimum atomic E-state index is -0.854. The molecule has 0 spiro atoms. The quantitative estimate of drug-likeness (QED) is 0.722. The molecule has 0 atom stereocenters. The lowest BCUT2D eigenvalue weighted by atomic mass is 10.2. The Labute approximate surface area is 88.8 Å². The van der Waals surface area contributed by atoms with E-state index in [4.69, 9.17) is 12.2 Å². The second kappa shape index (κ2) is 3.74. The molecule has 0 unspecified atom stereocenters. The molecule has 6 heteroatoms. The van der Waals surface area contributed by atoms with Crippen molar-refractivity contribution in [2.24, 2.45) is 0 Å².